The van der Waals surface area contributed by atoms with E-state index < -0.39 is 0 Å². The third kappa shape index (κ3) is 3.61. The van der Waals surface area contributed by atoms with E-state index in [9.17, 15) is 4.79 Å². The van der Waals surface area contributed by atoms with Crippen molar-refractivity contribution in [3.8, 4) is 11.3 Å². The summed E-state index contributed by atoms with van der Waals surface area (Å²) in [6.07, 6.45) is 0. The van der Waals surface area contributed by atoms with E-state index in [1.165, 1.54) is 0 Å². The van der Waals surface area contributed by atoms with E-state index in [2.05, 4.69) is 5.16 Å². The van der Waals surface area contributed by atoms with E-state index in [1.807, 2.05) is 73.6 Å². The smallest absolute Gasteiger partial charge is 0.259 e. The molecule has 0 saturated carbocycles. The molecule has 0 radical (unpaired) electrons. The lowest BCUT2D eigenvalue weighted by molar-refractivity contribution is 0.0784. The fourth-order valence-electron chi connectivity index (χ4n) is 2.85. The van der Waals surface area contributed by atoms with Crippen LogP contribution in [0.2, 0.25) is 0 Å². The molecule has 0 saturated heterocycles. The maximum Gasteiger partial charge on any atom is 0.259 e. The second kappa shape index (κ2) is 7.44. The van der Waals surface area contributed by atoms with Gasteiger partial charge in [0.1, 0.15) is 17.0 Å². The molecule has 0 unspecified atom stereocenters. The van der Waals surface area contributed by atoms with Crippen molar-refractivity contribution < 1.29 is 9.32 Å². The van der Waals surface area contributed by atoms with Crippen LogP contribution < -0.4 is 4.90 Å². The summed E-state index contributed by atoms with van der Waals surface area (Å²) in [7, 11) is 5.80. The lowest BCUT2D eigenvalue weighted by atomic mass is 10.1. The molecule has 26 heavy (non-hydrogen) atoms. The molecule has 5 heteroatoms. The van der Waals surface area contributed by atoms with Gasteiger partial charge in [-0.05, 0) is 24.6 Å². The highest BCUT2D eigenvalue weighted by atomic mass is 16.5. The van der Waals surface area contributed by atoms with Crippen LogP contribution in [-0.2, 0) is 6.54 Å². The van der Waals surface area contributed by atoms with Gasteiger partial charge in [-0.2, -0.15) is 0 Å². The Morgan fingerprint density at radius 3 is 2.27 bits per heavy atom. The highest BCUT2D eigenvalue weighted by Crippen LogP contribution is 2.26. The zero-order valence-corrected chi connectivity index (χ0v) is 15.6. The second-order valence-electron chi connectivity index (χ2n) is 6.55. The normalized spacial score (nSPS) is 10.6. The molecule has 0 N–H and O–H groups in total. The van der Waals surface area contributed by atoms with Gasteiger partial charge in [0, 0.05) is 38.9 Å². The largest absolute Gasteiger partial charge is 0.378 e. The molecule has 0 atom stereocenters. The number of aromatic nitrogens is 1. The number of rotatable bonds is 5. The van der Waals surface area contributed by atoms with Crippen molar-refractivity contribution in [2.75, 3.05) is 26.0 Å². The summed E-state index contributed by atoms with van der Waals surface area (Å²) >= 11 is 0. The Bertz CT molecular complexity index is 883. The van der Waals surface area contributed by atoms with Crippen LogP contribution in [0.4, 0.5) is 5.69 Å². The first-order chi connectivity index (χ1) is 12.5. The van der Waals surface area contributed by atoms with Gasteiger partial charge in [0.2, 0.25) is 0 Å². The maximum atomic E-state index is 13.0. The molecular formula is C21H23N3O2. The number of carbonyl (C=O) groups excluding carboxylic acids is 1. The highest BCUT2D eigenvalue weighted by molar-refractivity contribution is 6.00. The van der Waals surface area contributed by atoms with Crippen LogP contribution in [0.1, 0.15) is 21.7 Å². The van der Waals surface area contributed by atoms with Gasteiger partial charge >= 0.3 is 0 Å². The Morgan fingerprint density at radius 1 is 1.00 bits per heavy atom. The molecule has 1 amide bonds. The van der Waals surface area contributed by atoms with E-state index in [4.69, 9.17) is 4.52 Å². The number of nitrogens with zero attached hydrogens (tertiary/aromatic N) is 3. The van der Waals surface area contributed by atoms with Gasteiger partial charge in [0.15, 0.2) is 0 Å². The Labute approximate surface area is 153 Å². The minimum absolute atomic E-state index is 0.0979. The van der Waals surface area contributed by atoms with Crippen LogP contribution in [0.5, 0.6) is 0 Å². The topological polar surface area (TPSA) is 49.6 Å². The van der Waals surface area contributed by atoms with Gasteiger partial charge in [-0.3, -0.25) is 4.79 Å². The average molecular weight is 349 g/mol. The van der Waals surface area contributed by atoms with Gasteiger partial charge < -0.3 is 14.3 Å². The highest BCUT2D eigenvalue weighted by Gasteiger charge is 2.24. The maximum absolute atomic E-state index is 13.0. The number of aryl methyl sites for hydroxylation is 1. The summed E-state index contributed by atoms with van der Waals surface area (Å²) in [5.74, 6) is 0.433. The summed E-state index contributed by atoms with van der Waals surface area (Å²) < 4.78 is 5.31. The van der Waals surface area contributed by atoms with Gasteiger partial charge in [0.05, 0.1) is 0 Å². The Hall–Kier alpha value is -3.08. The van der Waals surface area contributed by atoms with Gasteiger partial charge in [-0.15, -0.1) is 0 Å². The summed E-state index contributed by atoms with van der Waals surface area (Å²) in [6.45, 7) is 2.29. The lowest BCUT2D eigenvalue weighted by Gasteiger charge is -2.18. The molecule has 0 spiro atoms. The fourth-order valence-corrected chi connectivity index (χ4v) is 2.85. The van der Waals surface area contributed by atoms with Crippen molar-refractivity contribution in [1.29, 1.82) is 0 Å². The first-order valence-electron chi connectivity index (χ1n) is 8.51. The van der Waals surface area contributed by atoms with E-state index in [0.29, 0.717) is 23.6 Å². The van der Waals surface area contributed by atoms with Crippen LogP contribution >= 0.6 is 0 Å². The summed E-state index contributed by atoms with van der Waals surface area (Å²) in [5.41, 5.74) is 4.17. The van der Waals surface area contributed by atoms with Crippen molar-refractivity contribution in [3.05, 3.63) is 71.5 Å². The molecule has 0 aliphatic rings. The number of hydrogen-bond donors (Lipinski definition) is 0. The van der Waals surface area contributed by atoms with Crippen molar-refractivity contribution in [1.82, 2.24) is 10.1 Å². The van der Waals surface area contributed by atoms with Crippen LogP contribution in [0, 0.1) is 6.92 Å². The molecule has 3 rings (SSSR count). The Balaban J connectivity index is 1.82. The van der Waals surface area contributed by atoms with Crippen LogP contribution in [0.3, 0.4) is 0 Å². The molecule has 0 bridgehead atoms. The molecular weight excluding hydrogens is 326 g/mol. The summed E-state index contributed by atoms with van der Waals surface area (Å²) in [4.78, 5) is 16.8. The molecule has 0 fully saturated rings. The third-order valence-corrected chi connectivity index (χ3v) is 4.34. The van der Waals surface area contributed by atoms with Crippen molar-refractivity contribution in [2.24, 2.45) is 0 Å². The molecule has 1 heterocycles. The number of hydrogen-bond acceptors (Lipinski definition) is 4. The van der Waals surface area contributed by atoms with Gasteiger partial charge in [0.25, 0.3) is 5.91 Å². The standard InChI is InChI=1S/C21H23N3O2/c1-15-19(20(22-26-15)17-8-6-5-7-9-17)21(25)24(4)14-16-10-12-18(13-11-16)23(2)3/h5-13H,14H2,1-4H3. The van der Waals surface area contributed by atoms with E-state index in [1.54, 1.807) is 18.9 Å². The molecule has 0 aliphatic heterocycles. The summed E-state index contributed by atoms with van der Waals surface area (Å²) in [5, 5.41) is 4.10. The van der Waals surface area contributed by atoms with E-state index in [-0.39, 0.29) is 5.91 Å². The van der Waals surface area contributed by atoms with Crippen molar-refractivity contribution in [2.45, 2.75) is 13.5 Å². The van der Waals surface area contributed by atoms with Gasteiger partial charge in [-0.25, -0.2) is 0 Å². The average Bonchev–Trinajstić information content (AvgIpc) is 3.03. The monoisotopic (exact) mass is 349 g/mol. The fraction of sp³-hybridized carbons (Fsp3) is 0.238. The Morgan fingerprint density at radius 2 is 1.65 bits per heavy atom. The van der Waals surface area contributed by atoms with Crippen LogP contribution in [-0.4, -0.2) is 37.1 Å². The number of anilines is 1. The van der Waals surface area contributed by atoms with Crippen molar-refractivity contribution >= 4 is 11.6 Å². The van der Waals surface area contributed by atoms with E-state index in [0.717, 1.165) is 16.8 Å². The minimum atomic E-state index is -0.0979. The quantitative estimate of drug-likeness (QED) is 0.699. The predicted octanol–water partition coefficient (Wildman–Crippen LogP) is 3.99. The SMILES string of the molecule is Cc1onc(-c2ccccc2)c1C(=O)N(C)Cc1ccc(N(C)C)cc1. The number of amides is 1. The molecule has 1 aromatic heterocycles. The Kier molecular flexibility index (Phi) is 5.07. The first kappa shape index (κ1) is 17.7. The zero-order chi connectivity index (χ0) is 18.7. The lowest BCUT2D eigenvalue weighted by Crippen LogP contribution is -2.27. The number of benzene rings is 2. The molecule has 2 aromatic carbocycles. The minimum Gasteiger partial charge on any atom is -0.378 e. The van der Waals surface area contributed by atoms with Gasteiger partial charge in [-0.1, -0.05) is 47.6 Å². The van der Waals surface area contributed by atoms with E-state index >= 15 is 0 Å². The second-order valence-corrected chi connectivity index (χ2v) is 6.55. The first-order valence-corrected chi connectivity index (χ1v) is 8.51. The zero-order valence-electron chi connectivity index (χ0n) is 15.6. The molecule has 0 aliphatic carbocycles. The summed E-state index contributed by atoms with van der Waals surface area (Å²) in [6, 6.07) is 17.8. The van der Waals surface area contributed by atoms with Crippen LogP contribution in [0.25, 0.3) is 11.3 Å². The third-order valence-electron chi connectivity index (χ3n) is 4.34. The van der Waals surface area contributed by atoms with Crippen molar-refractivity contribution in [3.63, 3.8) is 0 Å². The molecule has 5 nitrogen and oxygen atoms in total. The number of carbonyl (C=O) groups is 1. The molecule has 3 aromatic rings. The molecule has 134 valence electrons. The van der Waals surface area contributed by atoms with Crippen LogP contribution in [0.15, 0.2) is 59.1 Å². The predicted molar refractivity (Wildman–Crippen MR) is 103 cm³/mol.